The molecule has 0 N–H and O–H groups in total. The van der Waals surface area contributed by atoms with Crippen molar-refractivity contribution in [3.63, 3.8) is 0 Å². The van der Waals surface area contributed by atoms with Gasteiger partial charge in [-0.3, -0.25) is 9.59 Å². The Hall–Kier alpha value is -1.95. The molecule has 28 heavy (non-hydrogen) atoms. The minimum absolute atomic E-state index is 0.0327. The van der Waals surface area contributed by atoms with Crippen molar-refractivity contribution in [1.29, 1.82) is 0 Å². The van der Waals surface area contributed by atoms with Crippen LogP contribution in [-0.2, 0) is 14.3 Å². The average Bonchev–Trinajstić information content (AvgIpc) is 2.98. The second-order valence-electron chi connectivity index (χ2n) is 7.70. The van der Waals surface area contributed by atoms with Gasteiger partial charge in [0.15, 0.2) is 0 Å². The van der Waals surface area contributed by atoms with Crippen molar-refractivity contribution in [2.75, 3.05) is 26.3 Å². The summed E-state index contributed by atoms with van der Waals surface area (Å²) in [6.07, 6.45) is 7.17. The first-order valence-electron chi connectivity index (χ1n) is 10.5. The molecule has 1 aromatic rings. The molecule has 5 nitrogen and oxygen atoms in total. The number of carbonyl (C=O) groups excluding carboxylic acids is 2. The molecule has 0 aromatic heterocycles. The molecular formula is C22H31FN2O3. The molecule has 0 radical (unpaired) electrons. The number of carbonyl (C=O) groups is 2. The van der Waals surface area contributed by atoms with Crippen LogP contribution in [-0.4, -0.2) is 54.0 Å². The normalized spacial score (nSPS) is 21.9. The first-order valence-corrected chi connectivity index (χ1v) is 10.5. The maximum absolute atomic E-state index is 13.5. The third kappa shape index (κ3) is 4.90. The fraction of sp³-hybridized carbons (Fsp3) is 0.636. The van der Waals surface area contributed by atoms with Crippen molar-refractivity contribution in [3.05, 3.63) is 35.6 Å². The van der Waals surface area contributed by atoms with Crippen LogP contribution in [0.1, 0.15) is 63.5 Å². The number of hydrogen-bond acceptors (Lipinski definition) is 3. The number of amides is 2. The van der Waals surface area contributed by atoms with Crippen LogP contribution in [0.3, 0.4) is 0 Å². The van der Waals surface area contributed by atoms with E-state index in [1.807, 2.05) is 6.92 Å². The fourth-order valence-electron chi connectivity index (χ4n) is 4.33. The van der Waals surface area contributed by atoms with Gasteiger partial charge in [-0.2, -0.15) is 0 Å². The number of nitrogens with zero attached hydrogens (tertiary/aromatic N) is 2. The highest BCUT2D eigenvalue weighted by Gasteiger charge is 2.42. The van der Waals surface area contributed by atoms with Crippen molar-refractivity contribution >= 4 is 11.8 Å². The van der Waals surface area contributed by atoms with Gasteiger partial charge in [0.1, 0.15) is 18.4 Å². The lowest BCUT2D eigenvalue weighted by molar-refractivity contribution is -0.159. The van der Waals surface area contributed by atoms with Gasteiger partial charge in [-0.1, -0.05) is 37.8 Å². The van der Waals surface area contributed by atoms with Crippen LogP contribution in [0.2, 0.25) is 0 Å². The van der Waals surface area contributed by atoms with E-state index in [1.165, 1.54) is 25.0 Å². The standard InChI is InChI=1S/C22H31FN2O3/c1-2-28-15-7-14-24-20(26)16-25(19-8-5-3-4-6-9-19)22(27)21(24)17-10-12-18(23)13-11-17/h10-13,19,21H,2-9,14-16H2,1H3. The molecule has 2 fully saturated rings. The maximum Gasteiger partial charge on any atom is 0.250 e. The van der Waals surface area contributed by atoms with Crippen LogP contribution in [0.15, 0.2) is 24.3 Å². The quantitative estimate of drug-likeness (QED) is 0.527. The van der Waals surface area contributed by atoms with Gasteiger partial charge in [0, 0.05) is 25.8 Å². The lowest BCUT2D eigenvalue weighted by atomic mass is 9.97. The van der Waals surface area contributed by atoms with Gasteiger partial charge in [-0.25, -0.2) is 4.39 Å². The molecule has 1 atom stereocenters. The average molecular weight is 390 g/mol. The minimum Gasteiger partial charge on any atom is -0.382 e. The second kappa shape index (κ2) is 10.0. The third-order valence-corrected chi connectivity index (χ3v) is 5.80. The zero-order valence-corrected chi connectivity index (χ0v) is 16.7. The molecule has 2 aliphatic rings. The predicted octanol–water partition coefficient (Wildman–Crippen LogP) is 3.69. The van der Waals surface area contributed by atoms with Gasteiger partial charge in [-0.05, 0) is 43.9 Å². The van der Waals surface area contributed by atoms with E-state index in [0.717, 1.165) is 25.7 Å². The molecule has 1 aliphatic heterocycles. The minimum atomic E-state index is -0.674. The largest absolute Gasteiger partial charge is 0.382 e. The molecule has 1 heterocycles. The summed E-state index contributed by atoms with van der Waals surface area (Å²) in [4.78, 5) is 29.9. The molecule has 154 valence electrons. The second-order valence-corrected chi connectivity index (χ2v) is 7.70. The Labute approximate surface area is 166 Å². The summed E-state index contributed by atoms with van der Waals surface area (Å²) in [7, 11) is 0. The highest BCUT2D eigenvalue weighted by atomic mass is 19.1. The molecule has 0 spiro atoms. The van der Waals surface area contributed by atoms with E-state index >= 15 is 0 Å². The smallest absolute Gasteiger partial charge is 0.250 e. The van der Waals surface area contributed by atoms with Crippen LogP contribution in [0.4, 0.5) is 4.39 Å². The molecule has 1 aliphatic carbocycles. The van der Waals surface area contributed by atoms with E-state index in [1.54, 1.807) is 21.9 Å². The van der Waals surface area contributed by atoms with Gasteiger partial charge in [0.05, 0.1) is 0 Å². The topological polar surface area (TPSA) is 49.9 Å². The van der Waals surface area contributed by atoms with E-state index in [0.29, 0.717) is 31.7 Å². The van der Waals surface area contributed by atoms with Gasteiger partial charge < -0.3 is 14.5 Å². The third-order valence-electron chi connectivity index (χ3n) is 5.80. The monoisotopic (exact) mass is 390 g/mol. The highest BCUT2D eigenvalue weighted by molar-refractivity contribution is 5.95. The molecule has 0 bridgehead atoms. The molecule has 2 amide bonds. The zero-order valence-electron chi connectivity index (χ0n) is 16.7. The van der Waals surface area contributed by atoms with Gasteiger partial charge >= 0.3 is 0 Å². The number of rotatable bonds is 7. The SMILES string of the molecule is CCOCCCN1C(=O)CN(C2CCCCCC2)C(=O)C1c1ccc(F)cc1. The molecule has 1 unspecified atom stereocenters. The molecule has 6 heteroatoms. The van der Waals surface area contributed by atoms with E-state index in [-0.39, 0.29) is 30.2 Å². The molecule has 1 saturated heterocycles. The van der Waals surface area contributed by atoms with Gasteiger partial charge in [-0.15, -0.1) is 0 Å². The van der Waals surface area contributed by atoms with Gasteiger partial charge in [0.25, 0.3) is 5.91 Å². The Kier molecular flexibility index (Phi) is 7.43. The summed E-state index contributed by atoms with van der Waals surface area (Å²) in [5.41, 5.74) is 0.675. The Morgan fingerprint density at radius 2 is 1.75 bits per heavy atom. The van der Waals surface area contributed by atoms with Crippen molar-refractivity contribution < 1.29 is 18.7 Å². The van der Waals surface area contributed by atoms with Crippen LogP contribution in [0.25, 0.3) is 0 Å². The number of ether oxygens (including phenoxy) is 1. The van der Waals surface area contributed by atoms with Gasteiger partial charge in [0.2, 0.25) is 5.91 Å². The van der Waals surface area contributed by atoms with E-state index < -0.39 is 6.04 Å². The summed E-state index contributed by atoms with van der Waals surface area (Å²) in [5, 5.41) is 0. The Balaban J connectivity index is 1.83. The van der Waals surface area contributed by atoms with E-state index in [4.69, 9.17) is 4.74 Å². The molecule has 1 aromatic carbocycles. The lowest BCUT2D eigenvalue weighted by Crippen LogP contribution is -2.58. The lowest BCUT2D eigenvalue weighted by Gasteiger charge is -2.43. The van der Waals surface area contributed by atoms with E-state index in [2.05, 4.69) is 0 Å². The maximum atomic E-state index is 13.5. The number of piperazine rings is 1. The molecule has 1 saturated carbocycles. The van der Waals surface area contributed by atoms with E-state index in [9.17, 15) is 14.0 Å². The summed E-state index contributed by atoms with van der Waals surface area (Å²) < 4.78 is 18.8. The van der Waals surface area contributed by atoms with Crippen LogP contribution < -0.4 is 0 Å². The van der Waals surface area contributed by atoms with Crippen LogP contribution >= 0.6 is 0 Å². The Morgan fingerprint density at radius 3 is 2.39 bits per heavy atom. The highest BCUT2D eigenvalue weighted by Crippen LogP contribution is 2.32. The fourth-order valence-corrected chi connectivity index (χ4v) is 4.33. The number of hydrogen-bond donors (Lipinski definition) is 0. The predicted molar refractivity (Wildman–Crippen MR) is 105 cm³/mol. The van der Waals surface area contributed by atoms with Crippen molar-refractivity contribution in [2.24, 2.45) is 0 Å². The van der Waals surface area contributed by atoms with Crippen LogP contribution in [0.5, 0.6) is 0 Å². The van der Waals surface area contributed by atoms with Crippen molar-refractivity contribution in [1.82, 2.24) is 9.80 Å². The summed E-state index contributed by atoms with van der Waals surface area (Å²) >= 11 is 0. The van der Waals surface area contributed by atoms with Crippen LogP contribution in [0, 0.1) is 5.82 Å². The number of halogens is 1. The Bertz CT molecular complexity index is 656. The molecule has 3 rings (SSSR count). The summed E-state index contributed by atoms with van der Waals surface area (Å²) in [5.74, 6) is -0.411. The summed E-state index contributed by atoms with van der Waals surface area (Å²) in [6.45, 7) is 3.73. The van der Waals surface area contributed by atoms with Crippen molar-refractivity contribution in [3.8, 4) is 0 Å². The Morgan fingerprint density at radius 1 is 1.07 bits per heavy atom. The number of benzene rings is 1. The molecular weight excluding hydrogens is 359 g/mol. The van der Waals surface area contributed by atoms with Crippen molar-refractivity contribution in [2.45, 2.75) is 64.0 Å². The first-order chi connectivity index (χ1) is 13.6. The summed E-state index contributed by atoms with van der Waals surface area (Å²) in [6, 6.07) is 5.42. The first kappa shape index (κ1) is 20.8. The zero-order chi connectivity index (χ0) is 19.9.